The summed E-state index contributed by atoms with van der Waals surface area (Å²) < 4.78 is 40.3. The van der Waals surface area contributed by atoms with Gasteiger partial charge in [-0.05, 0) is 54.3 Å². The molecule has 1 aromatic heterocycles. The van der Waals surface area contributed by atoms with Gasteiger partial charge in [0.2, 0.25) is 5.91 Å². The van der Waals surface area contributed by atoms with Gasteiger partial charge in [0.25, 0.3) is 11.8 Å². The van der Waals surface area contributed by atoms with E-state index in [4.69, 9.17) is 0 Å². The summed E-state index contributed by atoms with van der Waals surface area (Å²) in [6, 6.07) is 11.2. The van der Waals surface area contributed by atoms with Gasteiger partial charge in [0.1, 0.15) is 6.54 Å². The summed E-state index contributed by atoms with van der Waals surface area (Å²) >= 11 is 1.30. The standard InChI is InChI=1S/C23H20F3N3O3S/c1-2-11-29(13-19(30)28-17-10-9-16(24)20(25)21(17)26)23(32)14-5-7-15(8-6-14)27-22(31)18-4-3-12-33-18/h3-10,12H,2,11,13H2,1H3,(H,27,31)(H,28,30). The van der Waals surface area contributed by atoms with Crippen molar-refractivity contribution in [2.24, 2.45) is 0 Å². The monoisotopic (exact) mass is 475 g/mol. The molecule has 0 fully saturated rings. The van der Waals surface area contributed by atoms with Crippen molar-refractivity contribution in [1.82, 2.24) is 4.90 Å². The molecule has 0 saturated carbocycles. The van der Waals surface area contributed by atoms with Crippen molar-refractivity contribution >= 4 is 40.4 Å². The minimum Gasteiger partial charge on any atom is -0.329 e. The Morgan fingerprint density at radius 2 is 1.67 bits per heavy atom. The minimum atomic E-state index is -1.69. The third kappa shape index (κ3) is 5.98. The van der Waals surface area contributed by atoms with Gasteiger partial charge in [-0.2, -0.15) is 0 Å². The molecule has 0 saturated heterocycles. The molecule has 172 valence electrons. The molecule has 0 bridgehead atoms. The zero-order valence-electron chi connectivity index (χ0n) is 17.5. The minimum absolute atomic E-state index is 0.239. The second kappa shape index (κ2) is 10.8. The van der Waals surface area contributed by atoms with Gasteiger partial charge in [0.05, 0.1) is 10.6 Å². The number of nitrogens with zero attached hydrogens (tertiary/aromatic N) is 1. The number of hydrogen-bond acceptors (Lipinski definition) is 4. The largest absolute Gasteiger partial charge is 0.329 e. The molecular weight excluding hydrogens is 455 g/mol. The van der Waals surface area contributed by atoms with Crippen LogP contribution >= 0.6 is 11.3 Å². The second-order valence-electron chi connectivity index (χ2n) is 7.01. The SMILES string of the molecule is CCCN(CC(=O)Nc1ccc(F)c(F)c1F)C(=O)c1ccc(NC(=O)c2cccs2)cc1. The van der Waals surface area contributed by atoms with E-state index in [0.717, 1.165) is 6.07 Å². The number of halogens is 3. The number of carbonyl (C=O) groups excluding carboxylic acids is 3. The number of thiophene rings is 1. The van der Waals surface area contributed by atoms with E-state index in [2.05, 4.69) is 10.6 Å². The first-order valence-electron chi connectivity index (χ1n) is 9.97. The van der Waals surface area contributed by atoms with Crippen molar-refractivity contribution in [3.05, 3.63) is 81.8 Å². The molecule has 3 aromatic rings. The quantitative estimate of drug-likeness (QED) is 0.455. The van der Waals surface area contributed by atoms with Gasteiger partial charge in [0, 0.05) is 17.8 Å². The number of carbonyl (C=O) groups is 3. The lowest BCUT2D eigenvalue weighted by molar-refractivity contribution is -0.116. The lowest BCUT2D eigenvalue weighted by Crippen LogP contribution is -2.38. The van der Waals surface area contributed by atoms with Crippen LogP contribution in [0.3, 0.4) is 0 Å². The summed E-state index contributed by atoms with van der Waals surface area (Å²) in [5.74, 6) is -6.06. The van der Waals surface area contributed by atoms with Crippen LogP contribution in [-0.4, -0.2) is 35.7 Å². The molecule has 1 heterocycles. The Bertz CT molecular complexity index is 1150. The summed E-state index contributed by atoms with van der Waals surface area (Å²) in [5, 5.41) is 6.67. The Labute approximate surface area is 192 Å². The molecule has 0 spiro atoms. The van der Waals surface area contributed by atoms with Crippen LogP contribution in [0.1, 0.15) is 33.4 Å². The van der Waals surface area contributed by atoms with Crippen LogP contribution in [0.25, 0.3) is 0 Å². The molecule has 6 nitrogen and oxygen atoms in total. The van der Waals surface area contributed by atoms with E-state index < -0.39 is 41.5 Å². The zero-order chi connectivity index (χ0) is 24.0. The van der Waals surface area contributed by atoms with Gasteiger partial charge in [-0.15, -0.1) is 11.3 Å². The van der Waals surface area contributed by atoms with Crippen LogP contribution in [0.15, 0.2) is 53.9 Å². The number of amides is 3. The smallest absolute Gasteiger partial charge is 0.265 e. The van der Waals surface area contributed by atoms with Crippen LogP contribution in [0.5, 0.6) is 0 Å². The highest BCUT2D eigenvalue weighted by Gasteiger charge is 2.21. The van der Waals surface area contributed by atoms with Crippen LogP contribution in [0, 0.1) is 17.5 Å². The van der Waals surface area contributed by atoms with Gasteiger partial charge in [0.15, 0.2) is 17.5 Å². The Hall–Kier alpha value is -3.66. The number of nitrogens with one attached hydrogen (secondary N) is 2. The maximum Gasteiger partial charge on any atom is 0.265 e. The van der Waals surface area contributed by atoms with Crippen molar-refractivity contribution in [3.63, 3.8) is 0 Å². The van der Waals surface area contributed by atoms with E-state index in [1.165, 1.54) is 28.4 Å². The topological polar surface area (TPSA) is 78.5 Å². The van der Waals surface area contributed by atoms with Crippen molar-refractivity contribution in [3.8, 4) is 0 Å². The molecule has 0 radical (unpaired) electrons. The lowest BCUT2D eigenvalue weighted by atomic mass is 10.1. The maximum absolute atomic E-state index is 13.8. The summed E-state index contributed by atoms with van der Waals surface area (Å²) in [7, 11) is 0. The zero-order valence-corrected chi connectivity index (χ0v) is 18.3. The molecule has 2 N–H and O–H groups in total. The predicted octanol–water partition coefficient (Wildman–Crippen LogP) is 4.91. The molecule has 2 aromatic carbocycles. The van der Waals surface area contributed by atoms with Crippen molar-refractivity contribution in [1.29, 1.82) is 0 Å². The lowest BCUT2D eigenvalue weighted by Gasteiger charge is -2.22. The molecule has 0 aliphatic rings. The summed E-state index contributed by atoms with van der Waals surface area (Å²) in [6.07, 6.45) is 0.549. The third-order valence-corrected chi connectivity index (χ3v) is 5.43. The van der Waals surface area contributed by atoms with E-state index in [9.17, 15) is 27.6 Å². The fourth-order valence-electron chi connectivity index (χ4n) is 2.99. The highest BCUT2D eigenvalue weighted by molar-refractivity contribution is 7.12. The van der Waals surface area contributed by atoms with Gasteiger partial charge >= 0.3 is 0 Å². The third-order valence-electron chi connectivity index (χ3n) is 4.56. The summed E-state index contributed by atoms with van der Waals surface area (Å²) in [5.41, 5.74) is 0.261. The average molecular weight is 475 g/mol. The maximum atomic E-state index is 13.8. The van der Waals surface area contributed by atoms with Crippen LogP contribution in [0.2, 0.25) is 0 Å². The molecule has 0 unspecified atom stereocenters. The molecular formula is C23H20F3N3O3S. The second-order valence-corrected chi connectivity index (χ2v) is 7.95. The first kappa shape index (κ1) is 24.0. The number of benzene rings is 2. The number of hydrogen-bond donors (Lipinski definition) is 2. The molecule has 0 atom stereocenters. The summed E-state index contributed by atoms with van der Waals surface area (Å²) in [6.45, 7) is 1.64. The van der Waals surface area contributed by atoms with E-state index >= 15 is 0 Å². The first-order valence-corrected chi connectivity index (χ1v) is 10.9. The van der Waals surface area contributed by atoms with Crippen LogP contribution in [-0.2, 0) is 4.79 Å². The van der Waals surface area contributed by atoms with Crippen molar-refractivity contribution in [2.45, 2.75) is 13.3 Å². The first-order chi connectivity index (χ1) is 15.8. The Kier molecular flexibility index (Phi) is 7.83. The van der Waals surface area contributed by atoms with Gasteiger partial charge in [-0.25, -0.2) is 13.2 Å². The van der Waals surface area contributed by atoms with E-state index in [-0.39, 0.29) is 18.0 Å². The molecule has 3 amide bonds. The fraction of sp³-hybridized carbons (Fsp3) is 0.174. The number of rotatable bonds is 8. The average Bonchev–Trinajstić information content (AvgIpc) is 3.34. The van der Waals surface area contributed by atoms with E-state index in [1.807, 2.05) is 6.92 Å². The van der Waals surface area contributed by atoms with Crippen LogP contribution < -0.4 is 10.6 Å². The number of anilines is 2. The highest BCUT2D eigenvalue weighted by Crippen LogP contribution is 2.20. The Morgan fingerprint density at radius 3 is 2.30 bits per heavy atom. The van der Waals surface area contributed by atoms with Gasteiger partial charge < -0.3 is 15.5 Å². The molecule has 10 heteroatoms. The van der Waals surface area contributed by atoms with Crippen molar-refractivity contribution in [2.75, 3.05) is 23.7 Å². The normalized spacial score (nSPS) is 10.5. The predicted molar refractivity (Wildman–Crippen MR) is 120 cm³/mol. The van der Waals surface area contributed by atoms with Gasteiger partial charge in [-0.1, -0.05) is 13.0 Å². The Balaban J connectivity index is 1.66. The summed E-state index contributed by atoms with van der Waals surface area (Å²) in [4.78, 5) is 39.2. The van der Waals surface area contributed by atoms with E-state index in [1.54, 1.807) is 29.6 Å². The highest BCUT2D eigenvalue weighted by atomic mass is 32.1. The molecule has 3 rings (SSSR count). The molecule has 0 aliphatic heterocycles. The fourth-order valence-corrected chi connectivity index (χ4v) is 3.61. The Morgan fingerprint density at radius 1 is 0.939 bits per heavy atom. The molecule has 33 heavy (non-hydrogen) atoms. The van der Waals surface area contributed by atoms with Gasteiger partial charge in [-0.3, -0.25) is 14.4 Å². The van der Waals surface area contributed by atoms with Crippen LogP contribution in [0.4, 0.5) is 24.5 Å². The molecule has 0 aliphatic carbocycles. The van der Waals surface area contributed by atoms with E-state index in [0.29, 0.717) is 23.1 Å². The van der Waals surface area contributed by atoms with Crippen molar-refractivity contribution < 1.29 is 27.6 Å².